The van der Waals surface area contributed by atoms with Gasteiger partial charge in [0.25, 0.3) is 0 Å². The number of rotatable bonds is 5. The summed E-state index contributed by atoms with van der Waals surface area (Å²) in [6, 6.07) is 12.1. The lowest BCUT2D eigenvalue weighted by molar-refractivity contribution is -0.144. The van der Waals surface area contributed by atoms with Crippen LogP contribution in [0.3, 0.4) is 0 Å². The van der Waals surface area contributed by atoms with E-state index in [4.69, 9.17) is 0 Å². The van der Waals surface area contributed by atoms with E-state index in [0.717, 1.165) is 10.6 Å². The van der Waals surface area contributed by atoms with Crippen LogP contribution in [0.15, 0.2) is 47.4 Å². The standard InChI is InChI=1S/C16H13F3N4OS/c1-23(25-12-5-2-10(3-6-12)20-9-24)11-4-7-13-14(8-11)22-15(21-13)16(17,18)19/h2-9H,1H3,(H,20,24)(H,21,22). The highest BCUT2D eigenvalue weighted by atomic mass is 32.2. The lowest BCUT2D eigenvalue weighted by Gasteiger charge is -2.17. The molecule has 0 fully saturated rings. The monoisotopic (exact) mass is 366 g/mol. The Morgan fingerprint density at radius 1 is 1.20 bits per heavy atom. The first kappa shape index (κ1) is 17.2. The van der Waals surface area contributed by atoms with Crippen molar-refractivity contribution in [1.29, 1.82) is 0 Å². The fourth-order valence-electron chi connectivity index (χ4n) is 2.22. The van der Waals surface area contributed by atoms with E-state index in [0.29, 0.717) is 17.6 Å². The van der Waals surface area contributed by atoms with Gasteiger partial charge in [-0.05, 0) is 54.4 Å². The number of aromatic nitrogens is 2. The van der Waals surface area contributed by atoms with Gasteiger partial charge in [0.1, 0.15) is 0 Å². The summed E-state index contributed by atoms with van der Waals surface area (Å²) in [7, 11) is 1.81. The highest BCUT2D eigenvalue weighted by Gasteiger charge is 2.34. The van der Waals surface area contributed by atoms with Crippen molar-refractivity contribution in [1.82, 2.24) is 9.97 Å². The van der Waals surface area contributed by atoms with Crippen LogP contribution in [0.1, 0.15) is 5.82 Å². The number of nitrogens with one attached hydrogen (secondary N) is 2. The van der Waals surface area contributed by atoms with Crippen molar-refractivity contribution in [3.63, 3.8) is 0 Å². The predicted molar refractivity (Wildman–Crippen MR) is 91.5 cm³/mol. The summed E-state index contributed by atoms with van der Waals surface area (Å²) in [6.45, 7) is 0. The van der Waals surface area contributed by atoms with E-state index >= 15 is 0 Å². The quantitative estimate of drug-likeness (QED) is 0.522. The fourth-order valence-corrected chi connectivity index (χ4v) is 3.01. The number of imidazole rings is 1. The van der Waals surface area contributed by atoms with Crippen molar-refractivity contribution >= 4 is 40.8 Å². The number of anilines is 2. The summed E-state index contributed by atoms with van der Waals surface area (Å²) in [5.74, 6) is -1.01. The molecule has 9 heteroatoms. The summed E-state index contributed by atoms with van der Waals surface area (Å²) in [6.07, 6.45) is -3.90. The molecule has 5 nitrogen and oxygen atoms in total. The molecule has 3 aromatic rings. The third kappa shape index (κ3) is 3.87. The minimum atomic E-state index is -4.50. The Morgan fingerprint density at radius 2 is 1.92 bits per heavy atom. The third-order valence-electron chi connectivity index (χ3n) is 3.42. The molecule has 0 spiro atoms. The first-order valence-corrected chi connectivity index (χ1v) is 7.93. The molecule has 2 N–H and O–H groups in total. The average Bonchev–Trinajstić information content (AvgIpc) is 3.00. The van der Waals surface area contributed by atoms with Crippen LogP contribution in [-0.4, -0.2) is 23.4 Å². The number of fused-ring (bicyclic) bond motifs is 1. The second-order valence-electron chi connectivity index (χ2n) is 5.16. The topological polar surface area (TPSA) is 61.0 Å². The Kier molecular flexibility index (Phi) is 4.58. The van der Waals surface area contributed by atoms with Crippen molar-refractivity contribution in [2.24, 2.45) is 0 Å². The zero-order chi connectivity index (χ0) is 18.0. The van der Waals surface area contributed by atoms with E-state index in [1.54, 1.807) is 30.3 Å². The number of alkyl halides is 3. The number of hydrogen-bond donors (Lipinski definition) is 2. The lowest BCUT2D eigenvalue weighted by Crippen LogP contribution is -2.06. The maximum atomic E-state index is 12.7. The molecule has 3 rings (SSSR count). The van der Waals surface area contributed by atoms with Gasteiger partial charge in [-0.25, -0.2) is 4.98 Å². The van der Waals surface area contributed by atoms with Gasteiger partial charge < -0.3 is 14.6 Å². The van der Waals surface area contributed by atoms with E-state index in [9.17, 15) is 18.0 Å². The summed E-state index contributed by atoms with van der Waals surface area (Å²) < 4.78 is 40.0. The maximum absolute atomic E-state index is 12.7. The molecular weight excluding hydrogens is 353 g/mol. The maximum Gasteiger partial charge on any atom is 0.449 e. The minimum Gasteiger partial charge on any atom is -0.334 e. The Balaban J connectivity index is 1.79. The molecule has 0 aliphatic rings. The first-order chi connectivity index (χ1) is 11.9. The minimum absolute atomic E-state index is 0.263. The van der Waals surface area contributed by atoms with E-state index in [1.807, 2.05) is 23.5 Å². The molecule has 0 unspecified atom stereocenters. The first-order valence-electron chi connectivity index (χ1n) is 7.16. The van der Waals surface area contributed by atoms with Gasteiger partial charge in [-0.1, -0.05) is 0 Å². The molecule has 0 saturated carbocycles. The predicted octanol–water partition coefficient (Wildman–Crippen LogP) is 4.29. The van der Waals surface area contributed by atoms with Crippen molar-refractivity contribution in [3.8, 4) is 0 Å². The molecule has 25 heavy (non-hydrogen) atoms. The van der Waals surface area contributed by atoms with Crippen LogP contribution in [0.5, 0.6) is 0 Å². The Labute approximate surface area is 145 Å². The number of nitrogens with zero attached hydrogens (tertiary/aromatic N) is 2. The number of carbonyl (C=O) groups is 1. The number of aromatic amines is 1. The van der Waals surface area contributed by atoms with E-state index in [-0.39, 0.29) is 5.52 Å². The van der Waals surface area contributed by atoms with Crippen LogP contribution < -0.4 is 9.62 Å². The van der Waals surface area contributed by atoms with Gasteiger partial charge in [-0.2, -0.15) is 13.2 Å². The van der Waals surface area contributed by atoms with Gasteiger partial charge in [0.05, 0.1) is 11.0 Å². The van der Waals surface area contributed by atoms with Gasteiger partial charge in [0.15, 0.2) is 0 Å². The van der Waals surface area contributed by atoms with Crippen LogP contribution >= 0.6 is 11.9 Å². The average molecular weight is 366 g/mol. The Hall–Kier alpha value is -2.68. The smallest absolute Gasteiger partial charge is 0.334 e. The molecule has 0 atom stereocenters. The van der Waals surface area contributed by atoms with Gasteiger partial charge >= 0.3 is 6.18 Å². The molecule has 0 radical (unpaired) electrons. The number of carbonyl (C=O) groups excluding carboxylic acids is 1. The van der Waals surface area contributed by atoms with E-state index < -0.39 is 12.0 Å². The van der Waals surface area contributed by atoms with Crippen LogP contribution in [0.4, 0.5) is 24.5 Å². The van der Waals surface area contributed by atoms with Crippen LogP contribution in [0.25, 0.3) is 11.0 Å². The second-order valence-corrected chi connectivity index (χ2v) is 6.36. The summed E-state index contributed by atoms with van der Waals surface area (Å²) in [5, 5.41) is 2.55. The molecule has 0 aliphatic carbocycles. The van der Waals surface area contributed by atoms with Crippen molar-refractivity contribution in [3.05, 3.63) is 48.3 Å². The lowest BCUT2D eigenvalue weighted by atomic mass is 10.3. The summed E-state index contributed by atoms with van der Waals surface area (Å²) in [5.41, 5.74) is 1.99. The number of hydrogen-bond acceptors (Lipinski definition) is 4. The molecular formula is C16H13F3N4OS. The highest BCUT2D eigenvalue weighted by molar-refractivity contribution is 8.00. The Bertz CT molecular complexity index is 893. The summed E-state index contributed by atoms with van der Waals surface area (Å²) in [4.78, 5) is 17.2. The number of benzene rings is 2. The van der Waals surface area contributed by atoms with E-state index in [2.05, 4.69) is 15.3 Å². The highest BCUT2D eigenvalue weighted by Crippen LogP contribution is 2.32. The molecule has 2 aromatic carbocycles. The molecule has 0 bridgehead atoms. The van der Waals surface area contributed by atoms with Crippen LogP contribution in [0.2, 0.25) is 0 Å². The van der Waals surface area contributed by atoms with E-state index in [1.165, 1.54) is 11.9 Å². The normalized spacial score (nSPS) is 11.5. The number of amides is 1. The van der Waals surface area contributed by atoms with Crippen LogP contribution in [0, 0.1) is 0 Å². The molecule has 1 heterocycles. The zero-order valence-electron chi connectivity index (χ0n) is 13.0. The molecule has 0 saturated heterocycles. The number of halogens is 3. The molecule has 1 amide bonds. The van der Waals surface area contributed by atoms with Crippen LogP contribution in [-0.2, 0) is 11.0 Å². The van der Waals surface area contributed by atoms with Crippen molar-refractivity contribution in [2.75, 3.05) is 16.7 Å². The molecule has 0 aliphatic heterocycles. The van der Waals surface area contributed by atoms with Gasteiger partial charge in [-0.15, -0.1) is 0 Å². The zero-order valence-corrected chi connectivity index (χ0v) is 13.8. The largest absolute Gasteiger partial charge is 0.449 e. The number of H-pyrrole nitrogens is 1. The Morgan fingerprint density at radius 3 is 2.56 bits per heavy atom. The third-order valence-corrected chi connectivity index (χ3v) is 4.39. The SMILES string of the molecule is CN(Sc1ccc(NC=O)cc1)c1ccc2nc(C(F)(F)F)[nH]c2c1. The van der Waals surface area contributed by atoms with Crippen molar-refractivity contribution in [2.45, 2.75) is 11.1 Å². The second kappa shape index (κ2) is 6.67. The van der Waals surface area contributed by atoms with Gasteiger partial charge in [0.2, 0.25) is 12.2 Å². The van der Waals surface area contributed by atoms with Gasteiger partial charge in [0, 0.05) is 23.3 Å². The fraction of sp³-hybridized carbons (Fsp3) is 0.125. The molecule has 1 aromatic heterocycles. The van der Waals surface area contributed by atoms with Gasteiger partial charge in [-0.3, -0.25) is 4.79 Å². The molecule has 130 valence electrons. The summed E-state index contributed by atoms with van der Waals surface area (Å²) >= 11 is 1.41. The van der Waals surface area contributed by atoms with Crippen molar-refractivity contribution < 1.29 is 18.0 Å².